The molecular weight excluding hydrogens is 230 g/mol. The van der Waals surface area contributed by atoms with Crippen molar-refractivity contribution in [1.29, 1.82) is 0 Å². The molecule has 0 saturated heterocycles. The molecule has 0 aliphatic rings. The van der Waals surface area contributed by atoms with E-state index in [1.165, 1.54) is 0 Å². The lowest BCUT2D eigenvalue weighted by molar-refractivity contribution is -0.170. The van der Waals surface area contributed by atoms with Crippen LogP contribution in [0.2, 0.25) is 0 Å². The quantitative estimate of drug-likeness (QED) is 0.340. The fourth-order valence-electron chi connectivity index (χ4n) is 0.714. The van der Waals surface area contributed by atoms with E-state index in [1.54, 1.807) is 0 Å². The van der Waals surface area contributed by atoms with E-state index in [0.29, 0.717) is 0 Å². The predicted octanol–water partition coefficient (Wildman–Crippen LogP) is -2.74. The van der Waals surface area contributed by atoms with Crippen LogP contribution in [0.5, 0.6) is 0 Å². The largest absolute Gasteiger partial charge is 0.481 e. The third-order valence-electron chi connectivity index (χ3n) is 1.29. The summed E-state index contributed by atoms with van der Waals surface area (Å²) >= 11 is 0. The third kappa shape index (κ3) is 7.64. The van der Waals surface area contributed by atoms with E-state index >= 15 is 0 Å². The van der Waals surface area contributed by atoms with Crippen molar-refractivity contribution >= 4 is 17.9 Å². The Morgan fingerprint density at radius 2 is 1.12 bits per heavy atom. The predicted molar refractivity (Wildman–Crippen MR) is 49.3 cm³/mol. The molecule has 10 nitrogen and oxygen atoms in total. The number of aliphatic carboxylic acids is 3. The second kappa shape index (κ2) is 8.55. The van der Waals surface area contributed by atoms with E-state index in [2.05, 4.69) is 0 Å². The molecule has 0 fully saturated rings. The molecule has 0 saturated carbocycles. The van der Waals surface area contributed by atoms with Crippen LogP contribution in [-0.4, -0.2) is 54.9 Å². The van der Waals surface area contributed by atoms with Crippen LogP contribution in [0.25, 0.3) is 0 Å². The van der Waals surface area contributed by atoms with E-state index < -0.39 is 36.4 Å². The first-order chi connectivity index (χ1) is 5.78. The monoisotopic (exact) mass is 245 g/mol. The first kappa shape index (κ1) is 23.8. The maximum absolute atomic E-state index is 10.3. The summed E-state index contributed by atoms with van der Waals surface area (Å²) < 4.78 is 0. The molecule has 10 heteroatoms. The molecule has 0 amide bonds. The highest BCUT2D eigenvalue weighted by atomic mass is 16.4. The minimum absolute atomic E-state index is 0. The van der Waals surface area contributed by atoms with Gasteiger partial charge in [-0.15, -0.1) is 0 Å². The molecule has 0 radical (unpaired) electrons. The Bertz CT molecular complexity index is 234. The maximum atomic E-state index is 10.3. The molecule has 0 unspecified atom stereocenters. The molecule has 0 bridgehead atoms. The van der Waals surface area contributed by atoms with Crippen LogP contribution < -0.4 is 6.15 Å². The SMILES string of the molecule is N.O.O.O=C(O)CC(O)(CC(=O)O)C(=O)O. The fourth-order valence-corrected chi connectivity index (χ4v) is 0.714. The lowest BCUT2D eigenvalue weighted by atomic mass is 9.96. The van der Waals surface area contributed by atoms with Crippen molar-refractivity contribution < 1.29 is 45.8 Å². The van der Waals surface area contributed by atoms with Crippen LogP contribution in [0.4, 0.5) is 0 Å². The molecule has 0 aliphatic carbocycles. The van der Waals surface area contributed by atoms with Gasteiger partial charge in [-0.3, -0.25) is 9.59 Å². The minimum atomic E-state index is -2.74. The van der Waals surface area contributed by atoms with Gasteiger partial charge in [-0.2, -0.15) is 0 Å². The summed E-state index contributed by atoms with van der Waals surface area (Å²) in [6.07, 6.45) is -2.29. The van der Waals surface area contributed by atoms with Gasteiger partial charge >= 0.3 is 17.9 Å². The molecule has 98 valence electrons. The summed E-state index contributed by atoms with van der Waals surface area (Å²) in [5.74, 6) is -5.02. The van der Waals surface area contributed by atoms with E-state index in [4.69, 9.17) is 20.4 Å². The van der Waals surface area contributed by atoms with Gasteiger partial charge in [0.25, 0.3) is 0 Å². The van der Waals surface area contributed by atoms with Crippen LogP contribution in [0.15, 0.2) is 0 Å². The third-order valence-corrected chi connectivity index (χ3v) is 1.29. The minimum Gasteiger partial charge on any atom is -0.481 e. The lowest BCUT2D eigenvalue weighted by Gasteiger charge is -2.18. The van der Waals surface area contributed by atoms with Crippen molar-refractivity contribution in [2.75, 3.05) is 0 Å². The molecular formula is C6H15NO9. The zero-order chi connectivity index (χ0) is 10.6. The van der Waals surface area contributed by atoms with E-state index in [9.17, 15) is 14.4 Å². The normalized spacial score (nSPS) is 8.81. The molecule has 0 heterocycles. The number of hydrogen-bond donors (Lipinski definition) is 5. The molecule has 11 N–H and O–H groups in total. The molecule has 0 aromatic heterocycles. The maximum Gasteiger partial charge on any atom is 0.336 e. The van der Waals surface area contributed by atoms with Gasteiger partial charge in [-0.05, 0) is 0 Å². The van der Waals surface area contributed by atoms with Crippen molar-refractivity contribution in [3.05, 3.63) is 0 Å². The van der Waals surface area contributed by atoms with Gasteiger partial charge in [-0.25, -0.2) is 4.79 Å². The Labute approximate surface area is 89.3 Å². The van der Waals surface area contributed by atoms with Crippen LogP contribution >= 0.6 is 0 Å². The van der Waals surface area contributed by atoms with Crippen LogP contribution in [0.3, 0.4) is 0 Å². The first-order valence-electron chi connectivity index (χ1n) is 3.17. The van der Waals surface area contributed by atoms with Crippen LogP contribution in [-0.2, 0) is 14.4 Å². The van der Waals surface area contributed by atoms with Crippen molar-refractivity contribution in [2.24, 2.45) is 0 Å². The van der Waals surface area contributed by atoms with Crippen molar-refractivity contribution in [3.63, 3.8) is 0 Å². The lowest BCUT2D eigenvalue weighted by Crippen LogP contribution is -2.42. The first-order valence-corrected chi connectivity index (χ1v) is 3.17. The Morgan fingerprint density at radius 3 is 1.25 bits per heavy atom. The van der Waals surface area contributed by atoms with Crippen LogP contribution in [0.1, 0.15) is 12.8 Å². The number of carbonyl (C=O) groups is 3. The topological polar surface area (TPSA) is 230 Å². The fraction of sp³-hybridized carbons (Fsp3) is 0.500. The Balaban J connectivity index is -0.000000240. The molecule has 0 aromatic carbocycles. The van der Waals surface area contributed by atoms with E-state index in [1.807, 2.05) is 0 Å². The second-order valence-electron chi connectivity index (χ2n) is 2.48. The van der Waals surface area contributed by atoms with E-state index in [-0.39, 0.29) is 17.1 Å². The summed E-state index contributed by atoms with van der Waals surface area (Å²) in [5.41, 5.74) is -2.74. The molecule has 0 aromatic rings. The standard InChI is InChI=1S/C6H8O7.H3N.2H2O/c7-3(8)1-6(13,5(11)12)2-4(9)10;;;/h13H,1-2H2,(H,7,8)(H,9,10)(H,11,12);1H3;2*1H2. The Hall–Kier alpha value is -1.75. The zero-order valence-electron chi connectivity index (χ0n) is 8.13. The molecule has 0 spiro atoms. The average Bonchev–Trinajstić information content (AvgIpc) is 1.82. The van der Waals surface area contributed by atoms with Gasteiger partial charge in [0, 0.05) is 0 Å². The highest BCUT2D eigenvalue weighted by molar-refractivity contribution is 5.88. The molecule has 16 heavy (non-hydrogen) atoms. The summed E-state index contributed by atoms with van der Waals surface area (Å²) in [7, 11) is 0. The number of hydrogen-bond acceptors (Lipinski definition) is 5. The van der Waals surface area contributed by atoms with Gasteiger partial charge in [0.15, 0.2) is 5.60 Å². The average molecular weight is 245 g/mol. The summed E-state index contributed by atoms with van der Waals surface area (Å²) in [4.78, 5) is 30.5. The van der Waals surface area contributed by atoms with Crippen molar-refractivity contribution in [3.8, 4) is 0 Å². The van der Waals surface area contributed by atoms with Gasteiger partial charge < -0.3 is 37.5 Å². The summed E-state index contributed by atoms with van der Waals surface area (Å²) in [6, 6.07) is 0. The number of carboxylic acids is 3. The zero-order valence-corrected chi connectivity index (χ0v) is 8.13. The van der Waals surface area contributed by atoms with Gasteiger partial charge in [0.1, 0.15) is 0 Å². The Morgan fingerprint density at radius 1 is 0.875 bits per heavy atom. The smallest absolute Gasteiger partial charge is 0.336 e. The van der Waals surface area contributed by atoms with Crippen molar-refractivity contribution in [1.82, 2.24) is 6.15 Å². The van der Waals surface area contributed by atoms with Gasteiger partial charge in [0.05, 0.1) is 12.8 Å². The number of carboxylic acid groups (broad SMARTS) is 3. The molecule has 0 aliphatic heterocycles. The molecule has 0 atom stereocenters. The highest BCUT2D eigenvalue weighted by Crippen LogP contribution is 2.15. The number of aliphatic hydroxyl groups is 1. The van der Waals surface area contributed by atoms with Gasteiger partial charge in [-0.1, -0.05) is 0 Å². The van der Waals surface area contributed by atoms with Gasteiger partial charge in [0.2, 0.25) is 0 Å². The Kier molecular flexibility index (Phi) is 12.7. The van der Waals surface area contributed by atoms with E-state index in [0.717, 1.165) is 0 Å². The summed E-state index contributed by atoms with van der Waals surface area (Å²) in [5, 5.41) is 33.8. The number of rotatable bonds is 5. The molecule has 0 rings (SSSR count). The highest BCUT2D eigenvalue weighted by Gasteiger charge is 2.40. The summed E-state index contributed by atoms with van der Waals surface area (Å²) in [6.45, 7) is 0. The van der Waals surface area contributed by atoms with Crippen LogP contribution in [0, 0.1) is 0 Å². The van der Waals surface area contributed by atoms with Crippen molar-refractivity contribution in [2.45, 2.75) is 18.4 Å². The second-order valence-corrected chi connectivity index (χ2v) is 2.48.